The van der Waals surface area contributed by atoms with Gasteiger partial charge >= 0.3 is 12.6 Å². The standard InChI is InChI=1S/C19H19F2NO4/c1-4-25-18(24)17-11(2)16(12(3)22-17)15(23)10-7-13-5-8-14(9-6-13)26-19(20)21/h5-10,19,22H,4H2,1-3H3/b10-7+. The van der Waals surface area contributed by atoms with Gasteiger partial charge in [0.1, 0.15) is 11.4 Å². The van der Waals surface area contributed by atoms with Gasteiger partial charge < -0.3 is 14.5 Å². The molecule has 2 aromatic rings. The van der Waals surface area contributed by atoms with Gasteiger partial charge in [0.15, 0.2) is 5.78 Å². The van der Waals surface area contributed by atoms with Crippen molar-refractivity contribution in [3.63, 3.8) is 0 Å². The number of benzene rings is 1. The molecule has 7 heteroatoms. The Kier molecular flexibility index (Phi) is 6.27. The van der Waals surface area contributed by atoms with Crippen LogP contribution in [0.3, 0.4) is 0 Å². The van der Waals surface area contributed by atoms with Gasteiger partial charge in [0.25, 0.3) is 0 Å². The number of halogens is 2. The second-order valence-electron chi connectivity index (χ2n) is 5.49. The molecule has 0 atom stereocenters. The van der Waals surface area contributed by atoms with Crippen LogP contribution in [0.1, 0.15) is 44.6 Å². The number of aromatic amines is 1. The number of esters is 1. The summed E-state index contributed by atoms with van der Waals surface area (Å²) in [5.74, 6) is -0.745. The topological polar surface area (TPSA) is 68.4 Å². The molecule has 0 radical (unpaired) electrons. The summed E-state index contributed by atoms with van der Waals surface area (Å²) in [6.07, 6.45) is 2.92. The van der Waals surface area contributed by atoms with Gasteiger partial charge in [-0.3, -0.25) is 4.79 Å². The van der Waals surface area contributed by atoms with Crippen LogP contribution in [0.15, 0.2) is 30.3 Å². The van der Waals surface area contributed by atoms with Gasteiger partial charge in [-0.2, -0.15) is 8.78 Å². The van der Waals surface area contributed by atoms with Gasteiger partial charge in [-0.1, -0.05) is 18.2 Å². The number of rotatable bonds is 7. The fraction of sp³-hybridized carbons (Fsp3) is 0.263. The summed E-state index contributed by atoms with van der Waals surface area (Å²) in [6.45, 7) is 2.44. The Morgan fingerprint density at radius 3 is 2.42 bits per heavy atom. The molecule has 138 valence electrons. The maximum Gasteiger partial charge on any atom is 0.387 e. The average molecular weight is 363 g/mol. The van der Waals surface area contributed by atoms with Gasteiger partial charge in [0, 0.05) is 11.3 Å². The van der Waals surface area contributed by atoms with E-state index in [4.69, 9.17) is 4.74 Å². The Hall–Kier alpha value is -2.96. The molecule has 0 aliphatic carbocycles. The van der Waals surface area contributed by atoms with Crippen molar-refractivity contribution < 1.29 is 27.8 Å². The minimum atomic E-state index is -2.88. The van der Waals surface area contributed by atoms with E-state index >= 15 is 0 Å². The van der Waals surface area contributed by atoms with Gasteiger partial charge in [-0.15, -0.1) is 0 Å². The third-order valence-electron chi connectivity index (χ3n) is 3.70. The predicted octanol–water partition coefficient (Wildman–Crippen LogP) is 4.31. The zero-order valence-corrected chi connectivity index (χ0v) is 14.6. The van der Waals surface area contributed by atoms with Crippen molar-refractivity contribution in [2.45, 2.75) is 27.4 Å². The van der Waals surface area contributed by atoms with Crippen LogP contribution in [0.25, 0.3) is 6.08 Å². The molecule has 0 saturated carbocycles. The van der Waals surface area contributed by atoms with Gasteiger partial charge in [0.05, 0.1) is 6.61 Å². The van der Waals surface area contributed by atoms with E-state index in [0.717, 1.165) is 0 Å². The summed E-state index contributed by atoms with van der Waals surface area (Å²) in [5.41, 5.74) is 2.41. The van der Waals surface area contributed by atoms with Crippen molar-refractivity contribution in [1.29, 1.82) is 0 Å². The molecule has 0 aliphatic rings. The van der Waals surface area contributed by atoms with Crippen LogP contribution >= 0.6 is 0 Å². The Balaban J connectivity index is 2.17. The number of ketones is 1. The summed E-state index contributed by atoms with van der Waals surface area (Å²) < 4.78 is 33.5. The van der Waals surface area contributed by atoms with Crippen LogP contribution in [0.4, 0.5) is 8.78 Å². The SMILES string of the molecule is CCOC(=O)c1[nH]c(C)c(C(=O)/C=C/c2ccc(OC(F)F)cc2)c1C. The number of aromatic nitrogens is 1. The molecule has 1 heterocycles. The Morgan fingerprint density at radius 1 is 1.19 bits per heavy atom. The molecule has 1 N–H and O–H groups in total. The number of carbonyl (C=O) groups excluding carboxylic acids is 2. The lowest BCUT2D eigenvalue weighted by atomic mass is 10.0. The van der Waals surface area contributed by atoms with E-state index in [1.54, 1.807) is 39.0 Å². The van der Waals surface area contributed by atoms with Crippen LogP contribution in [-0.2, 0) is 4.74 Å². The van der Waals surface area contributed by atoms with Crippen LogP contribution < -0.4 is 4.74 Å². The lowest BCUT2D eigenvalue weighted by molar-refractivity contribution is -0.0498. The maximum absolute atomic E-state index is 12.5. The molecule has 1 aromatic heterocycles. The summed E-state index contributed by atoms with van der Waals surface area (Å²) in [5, 5.41) is 0. The summed E-state index contributed by atoms with van der Waals surface area (Å²) in [7, 11) is 0. The number of carbonyl (C=O) groups is 2. The number of hydrogen-bond donors (Lipinski definition) is 1. The van der Waals surface area contributed by atoms with Crippen molar-refractivity contribution >= 4 is 17.8 Å². The lowest BCUT2D eigenvalue weighted by Crippen LogP contribution is -2.07. The average Bonchev–Trinajstić information content (AvgIpc) is 2.88. The molecule has 1 aromatic carbocycles. The minimum absolute atomic E-state index is 0.0416. The van der Waals surface area contributed by atoms with Crippen molar-refractivity contribution in [3.8, 4) is 5.75 Å². The number of ether oxygens (including phenoxy) is 2. The number of H-pyrrole nitrogens is 1. The molecule has 0 spiro atoms. The molecule has 0 aliphatic heterocycles. The Bertz CT molecular complexity index is 823. The maximum atomic E-state index is 12.5. The normalized spacial score (nSPS) is 11.2. The largest absolute Gasteiger partial charge is 0.461 e. The van der Waals surface area contributed by atoms with Crippen LogP contribution in [0.5, 0.6) is 5.75 Å². The monoisotopic (exact) mass is 363 g/mol. The number of hydrogen-bond acceptors (Lipinski definition) is 4. The van der Waals surface area contributed by atoms with E-state index < -0.39 is 12.6 Å². The minimum Gasteiger partial charge on any atom is -0.461 e. The predicted molar refractivity (Wildman–Crippen MR) is 92.7 cm³/mol. The van der Waals surface area contributed by atoms with E-state index in [1.165, 1.54) is 18.2 Å². The first kappa shape index (κ1) is 19.4. The van der Waals surface area contributed by atoms with Gasteiger partial charge in [0.2, 0.25) is 0 Å². The van der Waals surface area contributed by atoms with Crippen molar-refractivity contribution in [2.24, 2.45) is 0 Å². The first-order valence-electron chi connectivity index (χ1n) is 7.97. The molecule has 0 bridgehead atoms. The van der Waals surface area contributed by atoms with E-state index in [0.29, 0.717) is 22.4 Å². The highest BCUT2D eigenvalue weighted by Crippen LogP contribution is 2.21. The Labute approximate surface area is 149 Å². The number of nitrogens with one attached hydrogen (secondary N) is 1. The van der Waals surface area contributed by atoms with E-state index in [-0.39, 0.29) is 23.8 Å². The fourth-order valence-corrected chi connectivity index (χ4v) is 2.54. The lowest BCUT2D eigenvalue weighted by Gasteiger charge is -2.03. The third-order valence-corrected chi connectivity index (χ3v) is 3.70. The van der Waals surface area contributed by atoms with Crippen molar-refractivity contribution in [1.82, 2.24) is 4.98 Å². The van der Waals surface area contributed by atoms with Crippen LogP contribution in [0, 0.1) is 13.8 Å². The highest BCUT2D eigenvalue weighted by atomic mass is 19.3. The zero-order chi connectivity index (χ0) is 19.3. The molecule has 0 fully saturated rings. The number of alkyl halides is 2. The smallest absolute Gasteiger partial charge is 0.387 e. The molecule has 0 saturated heterocycles. The summed E-state index contributed by atoms with van der Waals surface area (Å²) in [6, 6.07) is 5.90. The van der Waals surface area contributed by atoms with E-state index in [9.17, 15) is 18.4 Å². The highest BCUT2D eigenvalue weighted by Gasteiger charge is 2.21. The highest BCUT2D eigenvalue weighted by molar-refractivity contribution is 6.10. The summed E-state index contributed by atoms with van der Waals surface area (Å²) in [4.78, 5) is 27.3. The Morgan fingerprint density at radius 2 is 1.85 bits per heavy atom. The van der Waals surface area contributed by atoms with Gasteiger partial charge in [-0.25, -0.2) is 4.79 Å². The second kappa shape index (κ2) is 8.42. The molecule has 0 unspecified atom stereocenters. The zero-order valence-electron chi connectivity index (χ0n) is 14.6. The van der Waals surface area contributed by atoms with Crippen LogP contribution in [-0.4, -0.2) is 30.0 Å². The van der Waals surface area contributed by atoms with Crippen molar-refractivity contribution in [2.75, 3.05) is 6.61 Å². The quantitative estimate of drug-likeness (QED) is 0.452. The first-order chi connectivity index (χ1) is 12.3. The third kappa shape index (κ3) is 4.56. The first-order valence-corrected chi connectivity index (χ1v) is 7.97. The molecular formula is C19H19F2NO4. The second-order valence-corrected chi connectivity index (χ2v) is 5.49. The number of allylic oxidation sites excluding steroid dienone is 1. The molecular weight excluding hydrogens is 344 g/mol. The molecule has 0 amide bonds. The van der Waals surface area contributed by atoms with E-state index in [1.807, 2.05) is 0 Å². The molecule has 26 heavy (non-hydrogen) atoms. The summed E-state index contributed by atoms with van der Waals surface area (Å²) >= 11 is 0. The fourth-order valence-electron chi connectivity index (χ4n) is 2.54. The van der Waals surface area contributed by atoms with Gasteiger partial charge in [-0.05, 0) is 50.1 Å². The van der Waals surface area contributed by atoms with E-state index in [2.05, 4.69) is 9.72 Å². The van der Waals surface area contributed by atoms with Crippen molar-refractivity contribution in [3.05, 3.63) is 58.4 Å². The molecule has 2 rings (SSSR count). The van der Waals surface area contributed by atoms with Crippen LogP contribution in [0.2, 0.25) is 0 Å². The number of aryl methyl sites for hydroxylation is 1. The molecule has 5 nitrogen and oxygen atoms in total.